The second-order valence-electron chi connectivity index (χ2n) is 3.44. The van der Waals surface area contributed by atoms with Crippen LogP contribution in [0.4, 0.5) is 0 Å². The van der Waals surface area contributed by atoms with Gasteiger partial charge in [-0.1, -0.05) is 13.8 Å². The van der Waals surface area contributed by atoms with Gasteiger partial charge < -0.3 is 0 Å². The maximum absolute atomic E-state index is 2.37. The van der Waals surface area contributed by atoms with Crippen LogP contribution in [0.25, 0.3) is 19.7 Å². The van der Waals surface area contributed by atoms with Gasteiger partial charge in [0.25, 0.3) is 0 Å². The summed E-state index contributed by atoms with van der Waals surface area (Å²) in [5.74, 6) is 0. The van der Waals surface area contributed by atoms with E-state index in [2.05, 4.69) is 49.1 Å². The van der Waals surface area contributed by atoms with Crippen LogP contribution in [0.3, 0.4) is 0 Å². The average Bonchev–Trinajstić information content (AvgIpc) is 2.78. The van der Waals surface area contributed by atoms with E-state index in [4.69, 9.17) is 0 Å². The predicted octanol–water partition coefficient (Wildman–Crippen LogP) is 3.61. The van der Waals surface area contributed by atoms with Crippen molar-refractivity contribution in [2.75, 3.05) is 0 Å². The van der Waals surface area contributed by atoms with Crippen LogP contribution >= 0.6 is 11.3 Å². The molecular weight excluding hydrogens is 334 g/mol. The zero-order valence-corrected chi connectivity index (χ0v) is 14.6. The molecule has 17 heavy (non-hydrogen) atoms. The van der Waals surface area contributed by atoms with Crippen molar-refractivity contribution in [3.05, 3.63) is 34.0 Å². The number of hydrogen-bond donors (Lipinski definition) is 0. The Morgan fingerprint density at radius 1 is 1.24 bits per heavy atom. The topological polar surface area (TPSA) is 0 Å². The molecule has 0 spiro atoms. The Kier molecular flexibility index (Phi) is 6.30. The SMILES string of the molecule is C/C=c1\c(=[C](\C)[Sb][CH3])sc2ccccc12.CC. The Morgan fingerprint density at radius 3 is 2.47 bits per heavy atom. The van der Waals surface area contributed by atoms with E-state index in [0.29, 0.717) is 0 Å². The molecule has 0 atom stereocenters. The van der Waals surface area contributed by atoms with Crippen LogP contribution in [-0.4, -0.2) is 21.6 Å². The predicted molar refractivity (Wildman–Crippen MR) is 83.3 cm³/mol. The molecule has 0 N–H and O–H groups in total. The minimum atomic E-state index is -0.122. The summed E-state index contributed by atoms with van der Waals surface area (Å²) in [6.45, 7) is 8.44. The van der Waals surface area contributed by atoms with Gasteiger partial charge in [-0.2, -0.15) is 0 Å². The number of benzene rings is 1. The third-order valence-electron chi connectivity index (χ3n) is 2.59. The third kappa shape index (κ3) is 3.14. The summed E-state index contributed by atoms with van der Waals surface area (Å²) in [6.07, 6.45) is 2.25. The van der Waals surface area contributed by atoms with E-state index in [-0.39, 0.29) is 21.6 Å². The van der Waals surface area contributed by atoms with Gasteiger partial charge in [-0.3, -0.25) is 0 Å². The molecule has 0 nitrogen and oxygen atoms in total. The Morgan fingerprint density at radius 2 is 1.88 bits per heavy atom. The van der Waals surface area contributed by atoms with Crippen molar-refractivity contribution in [2.24, 2.45) is 0 Å². The monoisotopic (exact) mass is 353 g/mol. The maximum atomic E-state index is 2.37. The summed E-state index contributed by atoms with van der Waals surface area (Å²) in [5, 5.41) is 2.87. The van der Waals surface area contributed by atoms with Gasteiger partial charge in [0.1, 0.15) is 0 Å². The molecule has 1 radical (unpaired) electrons. The van der Waals surface area contributed by atoms with E-state index >= 15 is 0 Å². The zero-order chi connectivity index (χ0) is 12.8. The second kappa shape index (κ2) is 7.23. The van der Waals surface area contributed by atoms with Crippen molar-refractivity contribution in [1.82, 2.24) is 0 Å². The minimum absolute atomic E-state index is 0.122. The van der Waals surface area contributed by atoms with E-state index in [9.17, 15) is 0 Å². The summed E-state index contributed by atoms with van der Waals surface area (Å²) in [6, 6.07) is 8.71. The van der Waals surface area contributed by atoms with Gasteiger partial charge in [0.2, 0.25) is 0 Å². The van der Waals surface area contributed by atoms with Crippen LogP contribution in [0.5, 0.6) is 0 Å². The molecule has 0 aliphatic heterocycles. The minimum Gasteiger partial charge on any atom is -0.0683 e. The van der Waals surface area contributed by atoms with E-state index in [1.807, 2.05) is 25.2 Å². The Hall–Kier alpha value is -0.262. The van der Waals surface area contributed by atoms with Crippen molar-refractivity contribution < 1.29 is 0 Å². The molecule has 0 amide bonds. The molecule has 2 heteroatoms. The normalized spacial score (nSPS) is 13.4. The van der Waals surface area contributed by atoms with Gasteiger partial charge in [-0.25, -0.2) is 0 Å². The van der Waals surface area contributed by atoms with Crippen molar-refractivity contribution in [3.8, 4) is 0 Å². The molecule has 1 aromatic heterocycles. The molecule has 2 rings (SSSR count). The summed E-state index contributed by atoms with van der Waals surface area (Å²) in [5.41, 5.74) is 0. The Bertz CT molecular complexity index is 593. The molecule has 2 aromatic rings. The van der Waals surface area contributed by atoms with Crippen molar-refractivity contribution in [3.63, 3.8) is 0 Å². The largest absolute Gasteiger partial charge is 0.0683 e. The quantitative estimate of drug-likeness (QED) is 0.687. The zero-order valence-electron chi connectivity index (χ0n) is 11.2. The van der Waals surface area contributed by atoms with Crippen LogP contribution in [0.2, 0.25) is 4.87 Å². The summed E-state index contributed by atoms with van der Waals surface area (Å²) >= 11 is 1.83. The van der Waals surface area contributed by atoms with Crippen molar-refractivity contribution >= 4 is 52.6 Å². The first-order chi connectivity index (χ1) is 8.27. The molecule has 0 saturated carbocycles. The molecule has 0 bridgehead atoms. The fraction of sp³-hybridized carbons (Fsp3) is 0.333. The molecule has 0 unspecified atom stereocenters. The number of fused-ring (bicyclic) bond motifs is 1. The van der Waals surface area contributed by atoms with Gasteiger partial charge in [0, 0.05) is 0 Å². The van der Waals surface area contributed by atoms with Gasteiger partial charge in [-0.05, 0) is 0 Å². The molecule has 0 aliphatic carbocycles. The van der Waals surface area contributed by atoms with Gasteiger partial charge in [-0.15, -0.1) is 0 Å². The molecular formula is C15H20SSb. The first kappa shape index (κ1) is 14.8. The fourth-order valence-electron chi connectivity index (χ4n) is 1.72. The molecule has 1 aromatic carbocycles. The van der Waals surface area contributed by atoms with Crippen LogP contribution in [-0.2, 0) is 0 Å². The van der Waals surface area contributed by atoms with Crippen LogP contribution < -0.4 is 9.75 Å². The molecule has 1 heterocycles. The van der Waals surface area contributed by atoms with Gasteiger partial charge >= 0.3 is 105 Å². The summed E-state index contributed by atoms with van der Waals surface area (Å²) in [4.78, 5) is 2.37. The fourth-order valence-corrected chi connectivity index (χ4v) is 4.79. The smallest absolute Gasteiger partial charge is 0.0683 e. The van der Waals surface area contributed by atoms with Crippen LogP contribution in [0.1, 0.15) is 27.7 Å². The summed E-state index contributed by atoms with van der Waals surface area (Å²) in [7, 11) is 0. The first-order valence-electron chi connectivity index (χ1n) is 6.02. The standard InChI is InChI=1S/C12H11S.C2H6.CH3.Sb/c1-3-9-10-7-5-6-8-12(10)13-11(9)4-2;1-2;;/h3,5-8H,1-2H3;1-2H3;1H3;/b9-3-,11-4?;;;. The molecule has 91 valence electrons. The molecule has 0 fully saturated rings. The first-order valence-corrected chi connectivity index (χ1v) is 10.7. The van der Waals surface area contributed by atoms with Gasteiger partial charge in [0.05, 0.1) is 0 Å². The second-order valence-corrected chi connectivity index (χ2v) is 7.68. The van der Waals surface area contributed by atoms with E-state index in [1.165, 1.54) is 19.8 Å². The summed E-state index contributed by atoms with van der Waals surface area (Å²) < 4.78 is 4.59. The molecule has 0 saturated heterocycles. The number of thiophene rings is 1. The average molecular weight is 354 g/mol. The van der Waals surface area contributed by atoms with E-state index in [0.717, 1.165) is 0 Å². The van der Waals surface area contributed by atoms with Crippen molar-refractivity contribution in [2.45, 2.75) is 32.6 Å². The van der Waals surface area contributed by atoms with Crippen molar-refractivity contribution in [1.29, 1.82) is 0 Å². The van der Waals surface area contributed by atoms with Crippen LogP contribution in [0, 0.1) is 0 Å². The number of rotatable bonds is 1. The Labute approximate surface area is 119 Å². The maximum Gasteiger partial charge on any atom is -0.0683 e. The van der Waals surface area contributed by atoms with Crippen LogP contribution in [0.15, 0.2) is 24.3 Å². The third-order valence-corrected chi connectivity index (χ3v) is 6.90. The number of hydrogen-bond acceptors (Lipinski definition) is 1. The van der Waals surface area contributed by atoms with E-state index in [1.54, 1.807) is 3.52 Å². The van der Waals surface area contributed by atoms with Gasteiger partial charge in [0.15, 0.2) is 0 Å². The Balaban J connectivity index is 0.000000686. The van der Waals surface area contributed by atoms with E-state index < -0.39 is 0 Å². The molecule has 0 aliphatic rings.